The molecular weight excluding hydrogens is 208 g/mol. The van der Waals surface area contributed by atoms with E-state index in [1.54, 1.807) is 4.90 Å². The Kier molecular flexibility index (Phi) is 5.02. The predicted octanol–water partition coefficient (Wildman–Crippen LogP) is 0.315. The van der Waals surface area contributed by atoms with Crippen LogP contribution in [0.1, 0.15) is 32.6 Å². The Morgan fingerprint density at radius 1 is 1.31 bits per heavy atom. The van der Waals surface area contributed by atoms with Gasteiger partial charge in [-0.1, -0.05) is 12.8 Å². The van der Waals surface area contributed by atoms with E-state index in [1.165, 1.54) is 19.8 Å². The number of aliphatic hydroxyl groups excluding tert-OH is 1. The van der Waals surface area contributed by atoms with Crippen LogP contribution < -0.4 is 5.32 Å². The minimum Gasteiger partial charge on any atom is -0.393 e. The van der Waals surface area contributed by atoms with Crippen molar-refractivity contribution in [3.8, 4) is 0 Å². The molecule has 0 aromatic heterocycles. The van der Waals surface area contributed by atoms with Crippen molar-refractivity contribution >= 4 is 6.03 Å². The zero-order valence-corrected chi connectivity index (χ0v) is 9.91. The number of urea groups is 1. The van der Waals surface area contributed by atoms with Gasteiger partial charge in [-0.2, -0.15) is 0 Å². The highest BCUT2D eigenvalue weighted by Gasteiger charge is 2.22. The third-order valence-corrected chi connectivity index (χ3v) is 2.85. The van der Waals surface area contributed by atoms with E-state index in [-0.39, 0.29) is 19.2 Å². The number of likely N-dealkylation sites (tertiary alicyclic amines) is 1. The van der Waals surface area contributed by atoms with E-state index in [1.807, 2.05) is 0 Å². The van der Waals surface area contributed by atoms with Crippen LogP contribution >= 0.6 is 0 Å². The summed E-state index contributed by atoms with van der Waals surface area (Å²) in [6.45, 7) is 2.79. The number of hydrogen-bond acceptors (Lipinski definition) is 3. The molecular formula is C11H22N2O3. The predicted molar refractivity (Wildman–Crippen MR) is 61.1 cm³/mol. The van der Waals surface area contributed by atoms with Crippen LogP contribution in [-0.4, -0.2) is 53.0 Å². The third-order valence-electron chi connectivity index (χ3n) is 2.85. The van der Waals surface area contributed by atoms with E-state index in [0.29, 0.717) is 0 Å². The van der Waals surface area contributed by atoms with Gasteiger partial charge in [0.1, 0.15) is 5.60 Å². The maximum absolute atomic E-state index is 11.7. The molecule has 5 nitrogen and oxygen atoms in total. The standard InChI is InChI=1S/C11H22N2O3/c1-11(16,9-14)8-12-10(15)13-6-4-2-3-5-7-13/h14,16H,2-9H2,1H3,(H,12,15). The van der Waals surface area contributed by atoms with Crippen molar-refractivity contribution in [3.63, 3.8) is 0 Å². The van der Waals surface area contributed by atoms with Gasteiger partial charge < -0.3 is 20.4 Å². The molecule has 2 amide bonds. The van der Waals surface area contributed by atoms with Crippen LogP contribution in [0.5, 0.6) is 0 Å². The first-order valence-electron chi connectivity index (χ1n) is 5.91. The molecule has 0 spiro atoms. The van der Waals surface area contributed by atoms with Crippen molar-refractivity contribution in [1.82, 2.24) is 10.2 Å². The maximum atomic E-state index is 11.7. The number of amides is 2. The van der Waals surface area contributed by atoms with E-state index >= 15 is 0 Å². The molecule has 1 aliphatic rings. The van der Waals surface area contributed by atoms with Gasteiger partial charge in [0.2, 0.25) is 0 Å². The number of carbonyl (C=O) groups is 1. The molecule has 3 N–H and O–H groups in total. The summed E-state index contributed by atoms with van der Waals surface area (Å²) in [4.78, 5) is 13.5. The fourth-order valence-electron chi connectivity index (χ4n) is 1.71. The van der Waals surface area contributed by atoms with Crippen LogP contribution in [0, 0.1) is 0 Å². The highest BCUT2D eigenvalue weighted by molar-refractivity contribution is 5.74. The van der Waals surface area contributed by atoms with Gasteiger partial charge >= 0.3 is 6.03 Å². The van der Waals surface area contributed by atoms with Gasteiger partial charge in [0, 0.05) is 13.1 Å². The van der Waals surface area contributed by atoms with Gasteiger partial charge in [0.15, 0.2) is 0 Å². The smallest absolute Gasteiger partial charge is 0.317 e. The Balaban J connectivity index is 2.33. The van der Waals surface area contributed by atoms with Gasteiger partial charge in [-0.15, -0.1) is 0 Å². The van der Waals surface area contributed by atoms with Crippen molar-refractivity contribution in [2.75, 3.05) is 26.2 Å². The zero-order chi connectivity index (χ0) is 12.0. The molecule has 16 heavy (non-hydrogen) atoms. The number of nitrogens with zero attached hydrogens (tertiary/aromatic N) is 1. The monoisotopic (exact) mass is 230 g/mol. The van der Waals surface area contributed by atoms with Gasteiger partial charge in [-0.25, -0.2) is 4.79 Å². The molecule has 1 unspecified atom stereocenters. The average molecular weight is 230 g/mol. The van der Waals surface area contributed by atoms with Crippen LogP contribution in [0.25, 0.3) is 0 Å². The summed E-state index contributed by atoms with van der Waals surface area (Å²) >= 11 is 0. The lowest BCUT2D eigenvalue weighted by Crippen LogP contribution is -2.48. The summed E-state index contributed by atoms with van der Waals surface area (Å²) in [7, 11) is 0. The summed E-state index contributed by atoms with van der Waals surface area (Å²) in [5.74, 6) is 0. The Hall–Kier alpha value is -0.810. The first kappa shape index (κ1) is 13.3. The van der Waals surface area contributed by atoms with Crippen molar-refractivity contribution in [1.29, 1.82) is 0 Å². The largest absolute Gasteiger partial charge is 0.393 e. The fraction of sp³-hybridized carbons (Fsp3) is 0.909. The lowest BCUT2D eigenvalue weighted by molar-refractivity contribution is 0.00398. The molecule has 1 aliphatic heterocycles. The summed E-state index contributed by atoms with van der Waals surface area (Å²) < 4.78 is 0. The number of carbonyl (C=O) groups excluding carboxylic acids is 1. The number of hydrogen-bond donors (Lipinski definition) is 3. The van der Waals surface area contributed by atoms with E-state index < -0.39 is 5.60 Å². The molecule has 1 rings (SSSR count). The third kappa shape index (κ3) is 4.37. The van der Waals surface area contributed by atoms with Crippen molar-refractivity contribution in [3.05, 3.63) is 0 Å². The highest BCUT2D eigenvalue weighted by atomic mass is 16.3. The second kappa shape index (κ2) is 6.06. The van der Waals surface area contributed by atoms with E-state index in [9.17, 15) is 9.90 Å². The Labute approximate surface area is 96.4 Å². The first-order chi connectivity index (χ1) is 7.55. The average Bonchev–Trinajstić information content (AvgIpc) is 2.54. The van der Waals surface area contributed by atoms with Gasteiger partial charge in [0.25, 0.3) is 0 Å². The van der Waals surface area contributed by atoms with Gasteiger partial charge in [-0.3, -0.25) is 0 Å². The molecule has 0 aliphatic carbocycles. The first-order valence-corrected chi connectivity index (χ1v) is 5.91. The summed E-state index contributed by atoms with van der Waals surface area (Å²) in [5.41, 5.74) is -1.23. The fourth-order valence-corrected chi connectivity index (χ4v) is 1.71. The van der Waals surface area contributed by atoms with Crippen molar-refractivity contribution in [2.45, 2.75) is 38.2 Å². The molecule has 0 aromatic rings. The quantitative estimate of drug-likeness (QED) is 0.653. The molecule has 0 bridgehead atoms. The molecule has 94 valence electrons. The Morgan fingerprint density at radius 3 is 2.38 bits per heavy atom. The molecule has 0 radical (unpaired) electrons. The topological polar surface area (TPSA) is 72.8 Å². The highest BCUT2D eigenvalue weighted by Crippen LogP contribution is 2.09. The van der Waals surface area contributed by atoms with Gasteiger partial charge in [0.05, 0.1) is 13.2 Å². The Bertz CT molecular complexity index is 223. The van der Waals surface area contributed by atoms with Gasteiger partial charge in [-0.05, 0) is 19.8 Å². The van der Waals surface area contributed by atoms with Crippen LogP contribution in [0.2, 0.25) is 0 Å². The molecule has 1 heterocycles. The minimum atomic E-state index is -1.23. The minimum absolute atomic E-state index is 0.0822. The number of nitrogens with one attached hydrogen (secondary N) is 1. The normalized spacial score (nSPS) is 21.1. The molecule has 1 atom stereocenters. The van der Waals surface area contributed by atoms with E-state index in [0.717, 1.165) is 25.9 Å². The zero-order valence-electron chi connectivity index (χ0n) is 9.91. The van der Waals surface area contributed by atoms with E-state index in [4.69, 9.17) is 5.11 Å². The SMILES string of the molecule is CC(O)(CO)CNC(=O)N1CCCCCC1. The molecule has 1 fully saturated rings. The molecule has 5 heteroatoms. The summed E-state index contributed by atoms with van der Waals surface area (Å²) in [6, 6.07) is -0.143. The van der Waals surface area contributed by atoms with E-state index in [2.05, 4.69) is 5.32 Å². The lowest BCUT2D eigenvalue weighted by Gasteiger charge is -2.25. The Morgan fingerprint density at radius 2 is 1.88 bits per heavy atom. The van der Waals surface area contributed by atoms with Crippen molar-refractivity contribution in [2.24, 2.45) is 0 Å². The van der Waals surface area contributed by atoms with Crippen molar-refractivity contribution < 1.29 is 15.0 Å². The second-order valence-corrected chi connectivity index (χ2v) is 4.72. The van der Waals surface area contributed by atoms with Crippen LogP contribution in [0.4, 0.5) is 4.79 Å². The maximum Gasteiger partial charge on any atom is 0.317 e. The number of aliphatic hydroxyl groups is 2. The molecule has 0 saturated carbocycles. The van der Waals surface area contributed by atoms with Crippen LogP contribution in [0.3, 0.4) is 0 Å². The molecule has 0 aromatic carbocycles. The second-order valence-electron chi connectivity index (χ2n) is 4.72. The van der Waals surface area contributed by atoms with Crippen LogP contribution in [-0.2, 0) is 0 Å². The van der Waals surface area contributed by atoms with Crippen LogP contribution in [0.15, 0.2) is 0 Å². The summed E-state index contributed by atoms with van der Waals surface area (Å²) in [6.07, 6.45) is 4.45. The summed E-state index contributed by atoms with van der Waals surface area (Å²) in [5, 5.41) is 21.0. The lowest BCUT2D eigenvalue weighted by atomic mass is 10.1. The molecule has 1 saturated heterocycles. The number of rotatable bonds is 3.